The Morgan fingerprint density at radius 3 is 2.78 bits per heavy atom. The summed E-state index contributed by atoms with van der Waals surface area (Å²) in [5.41, 5.74) is 6.02. The lowest BCUT2D eigenvalue weighted by atomic mass is 9.99. The number of nitrogens with zero attached hydrogens (tertiary/aromatic N) is 1. The highest BCUT2D eigenvalue weighted by Gasteiger charge is 2.14. The Morgan fingerprint density at radius 1 is 1.39 bits per heavy atom. The monoisotopic (exact) mass is 247 g/mol. The molecule has 2 rings (SSSR count). The highest BCUT2D eigenvalue weighted by atomic mass is 16.5. The van der Waals surface area contributed by atoms with Crippen LogP contribution in [-0.4, -0.2) is 16.6 Å². The molecular formula is C13H17N3O2. The number of H-pyrrole nitrogens is 1. The Bertz CT molecular complexity index is 626. The molecule has 1 heterocycles. The number of aromatic nitrogens is 2. The van der Waals surface area contributed by atoms with E-state index in [0.717, 1.165) is 0 Å². The quantitative estimate of drug-likeness (QED) is 0.849. The SMILES string of the molecule is CC(C)(C)COc1cccc2[nH]c(=O)nc(N)c12. The number of fused-ring (bicyclic) bond motifs is 1. The molecule has 1 aromatic carbocycles. The Labute approximate surface area is 105 Å². The van der Waals surface area contributed by atoms with Crippen molar-refractivity contribution in [3.63, 3.8) is 0 Å². The van der Waals surface area contributed by atoms with E-state index in [0.29, 0.717) is 23.3 Å². The van der Waals surface area contributed by atoms with Gasteiger partial charge in [0.05, 0.1) is 17.5 Å². The molecule has 0 amide bonds. The van der Waals surface area contributed by atoms with E-state index in [9.17, 15) is 4.79 Å². The lowest BCUT2D eigenvalue weighted by Gasteiger charge is -2.19. The molecule has 0 bridgehead atoms. The van der Waals surface area contributed by atoms with Gasteiger partial charge in [-0.3, -0.25) is 0 Å². The van der Waals surface area contributed by atoms with E-state index in [-0.39, 0.29) is 11.2 Å². The van der Waals surface area contributed by atoms with Gasteiger partial charge in [-0.25, -0.2) is 4.79 Å². The van der Waals surface area contributed by atoms with E-state index in [1.165, 1.54) is 0 Å². The maximum absolute atomic E-state index is 11.2. The van der Waals surface area contributed by atoms with Gasteiger partial charge in [0.25, 0.3) is 0 Å². The summed E-state index contributed by atoms with van der Waals surface area (Å²) < 4.78 is 5.76. The second-order valence-electron chi connectivity index (χ2n) is 5.46. The van der Waals surface area contributed by atoms with Gasteiger partial charge in [-0.1, -0.05) is 26.8 Å². The minimum absolute atomic E-state index is 0.0482. The maximum Gasteiger partial charge on any atom is 0.347 e. The van der Waals surface area contributed by atoms with Crippen molar-refractivity contribution in [2.24, 2.45) is 5.41 Å². The zero-order valence-electron chi connectivity index (χ0n) is 10.8. The van der Waals surface area contributed by atoms with Gasteiger partial charge in [-0.05, 0) is 17.5 Å². The van der Waals surface area contributed by atoms with Gasteiger partial charge in [0, 0.05) is 0 Å². The molecule has 0 fully saturated rings. The molecule has 0 radical (unpaired) electrons. The Morgan fingerprint density at radius 2 is 2.11 bits per heavy atom. The molecule has 3 N–H and O–H groups in total. The number of nitrogens with one attached hydrogen (secondary N) is 1. The molecule has 0 spiro atoms. The first kappa shape index (κ1) is 12.4. The van der Waals surface area contributed by atoms with Crippen molar-refractivity contribution >= 4 is 16.7 Å². The van der Waals surface area contributed by atoms with Gasteiger partial charge in [0.15, 0.2) is 0 Å². The van der Waals surface area contributed by atoms with Crippen LogP contribution in [0.3, 0.4) is 0 Å². The van der Waals surface area contributed by atoms with Gasteiger partial charge in [0.1, 0.15) is 11.6 Å². The van der Waals surface area contributed by atoms with E-state index < -0.39 is 5.69 Å². The average molecular weight is 247 g/mol. The van der Waals surface area contributed by atoms with Crippen LogP contribution in [0.25, 0.3) is 10.9 Å². The number of hydrogen-bond acceptors (Lipinski definition) is 4. The molecule has 0 saturated carbocycles. The van der Waals surface area contributed by atoms with Crippen molar-refractivity contribution in [3.05, 3.63) is 28.7 Å². The summed E-state index contributed by atoms with van der Waals surface area (Å²) >= 11 is 0. The molecule has 2 aromatic rings. The predicted octanol–water partition coefficient (Wildman–Crippen LogP) is 1.93. The molecule has 0 saturated heterocycles. The number of anilines is 1. The van der Waals surface area contributed by atoms with Crippen molar-refractivity contribution < 1.29 is 4.74 Å². The third-order valence-electron chi connectivity index (χ3n) is 2.41. The van der Waals surface area contributed by atoms with Crippen LogP contribution in [0, 0.1) is 5.41 Å². The van der Waals surface area contributed by atoms with Gasteiger partial charge < -0.3 is 15.5 Å². The largest absolute Gasteiger partial charge is 0.492 e. The van der Waals surface area contributed by atoms with Crippen LogP contribution in [0.2, 0.25) is 0 Å². The third-order valence-corrected chi connectivity index (χ3v) is 2.41. The number of ether oxygens (including phenoxy) is 1. The fourth-order valence-electron chi connectivity index (χ4n) is 1.62. The Kier molecular flexibility index (Phi) is 2.98. The number of aromatic amines is 1. The minimum Gasteiger partial charge on any atom is -0.492 e. The molecule has 5 heteroatoms. The van der Waals surface area contributed by atoms with E-state index >= 15 is 0 Å². The minimum atomic E-state index is -0.451. The molecule has 1 aromatic heterocycles. The molecule has 5 nitrogen and oxygen atoms in total. The highest BCUT2D eigenvalue weighted by Crippen LogP contribution is 2.28. The topological polar surface area (TPSA) is 81.0 Å². The van der Waals surface area contributed by atoms with Crippen LogP contribution >= 0.6 is 0 Å². The summed E-state index contributed by atoms with van der Waals surface area (Å²) in [6, 6.07) is 5.42. The van der Waals surface area contributed by atoms with Gasteiger partial charge in [0.2, 0.25) is 0 Å². The van der Waals surface area contributed by atoms with Crippen LogP contribution in [0.15, 0.2) is 23.0 Å². The molecule has 18 heavy (non-hydrogen) atoms. The molecule has 0 aliphatic rings. The van der Waals surface area contributed by atoms with Crippen molar-refractivity contribution in [1.29, 1.82) is 0 Å². The number of nitrogen functional groups attached to an aromatic ring is 1. The fourth-order valence-corrected chi connectivity index (χ4v) is 1.62. The normalized spacial score (nSPS) is 11.7. The zero-order valence-corrected chi connectivity index (χ0v) is 10.8. The second kappa shape index (κ2) is 4.33. The van der Waals surface area contributed by atoms with Crippen LogP contribution in [-0.2, 0) is 0 Å². The summed E-state index contributed by atoms with van der Waals surface area (Å²) in [5.74, 6) is 0.835. The third kappa shape index (κ3) is 2.61. The van der Waals surface area contributed by atoms with Crippen LogP contribution < -0.4 is 16.2 Å². The van der Waals surface area contributed by atoms with Gasteiger partial charge in [-0.2, -0.15) is 4.98 Å². The van der Waals surface area contributed by atoms with Crippen LogP contribution in [0.4, 0.5) is 5.82 Å². The smallest absolute Gasteiger partial charge is 0.347 e. The average Bonchev–Trinajstić information content (AvgIpc) is 2.24. The number of benzene rings is 1. The lowest BCUT2D eigenvalue weighted by molar-refractivity contribution is 0.200. The van der Waals surface area contributed by atoms with Crippen molar-refractivity contribution in [1.82, 2.24) is 9.97 Å². The summed E-state index contributed by atoms with van der Waals surface area (Å²) in [4.78, 5) is 17.6. The van der Waals surface area contributed by atoms with Crippen LogP contribution in [0.1, 0.15) is 20.8 Å². The summed E-state index contributed by atoms with van der Waals surface area (Å²) in [5, 5.41) is 0.654. The fraction of sp³-hybridized carbons (Fsp3) is 0.385. The van der Waals surface area contributed by atoms with Crippen molar-refractivity contribution in [2.75, 3.05) is 12.3 Å². The Hall–Kier alpha value is -2.04. The molecule has 0 unspecified atom stereocenters. The van der Waals surface area contributed by atoms with Crippen LogP contribution in [0.5, 0.6) is 5.75 Å². The molecular weight excluding hydrogens is 230 g/mol. The number of hydrogen-bond donors (Lipinski definition) is 2. The Balaban J connectivity index is 2.48. The predicted molar refractivity (Wildman–Crippen MR) is 71.7 cm³/mol. The first-order valence-corrected chi connectivity index (χ1v) is 5.78. The van der Waals surface area contributed by atoms with E-state index in [1.54, 1.807) is 6.07 Å². The summed E-state index contributed by atoms with van der Waals surface area (Å²) in [6.45, 7) is 6.81. The van der Waals surface area contributed by atoms with Crippen molar-refractivity contribution in [2.45, 2.75) is 20.8 Å². The first-order valence-electron chi connectivity index (χ1n) is 5.78. The van der Waals surface area contributed by atoms with E-state index in [1.807, 2.05) is 12.1 Å². The number of nitrogens with two attached hydrogens (primary N) is 1. The zero-order chi connectivity index (χ0) is 13.3. The molecule has 96 valence electrons. The second-order valence-corrected chi connectivity index (χ2v) is 5.46. The first-order chi connectivity index (χ1) is 8.37. The lowest BCUT2D eigenvalue weighted by Crippen LogP contribution is -2.18. The molecule has 0 aliphatic carbocycles. The highest BCUT2D eigenvalue weighted by molar-refractivity contribution is 5.93. The van der Waals surface area contributed by atoms with Gasteiger partial charge >= 0.3 is 5.69 Å². The van der Waals surface area contributed by atoms with Gasteiger partial charge in [-0.15, -0.1) is 0 Å². The standard InChI is InChI=1S/C13H17N3O2/c1-13(2,3)7-18-9-6-4-5-8-10(9)11(14)16-12(17)15-8/h4-6H,7H2,1-3H3,(H3,14,15,16,17). The molecule has 0 aliphatic heterocycles. The number of rotatable bonds is 2. The maximum atomic E-state index is 11.2. The van der Waals surface area contributed by atoms with E-state index in [2.05, 4.69) is 30.7 Å². The van der Waals surface area contributed by atoms with E-state index in [4.69, 9.17) is 10.5 Å². The molecule has 0 atom stereocenters. The van der Waals surface area contributed by atoms with Crippen molar-refractivity contribution in [3.8, 4) is 5.75 Å². The summed E-state index contributed by atoms with van der Waals surface area (Å²) in [6.07, 6.45) is 0. The summed E-state index contributed by atoms with van der Waals surface area (Å²) in [7, 11) is 0.